The number of hydrogen-bond donors (Lipinski definition) is 1. The zero-order valence-electron chi connectivity index (χ0n) is 8.30. The molecule has 0 amide bonds. The molecule has 1 aromatic heterocycles. The van der Waals surface area contributed by atoms with Gasteiger partial charge in [0.2, 0.25) is 5.95 Å². The second-order valence-electron chi connectivity index (χ2n) is 3.26. The molecule has 0 saturated carbocycles. The average Bonchev–Trinajstić information content (AvgIpc) is 2.32. The average molecular weight is 219 g/mol. The lowest BCUT2D eigenvalue weighted by Gasteiger charge is -2.11. The zero-order valence-corrected chi connectivity index (χ0v) is 9.11. The normalized spacial score (nSPS) is 13.9. The molecule has 0 saturated heterocycles. The van der Waals surface area contributed by atoms with Crippen molar-refractivity contribution in [3.63, 3.8) is 0 Å². The quantitative estimate of drug-likeness (QED) is 0.702. The first-order valence-electron chi connectivity index (χ1n) is 4.05. The Morgan fingerprint density at radius 3 is 2.64 bits per heavy atom. The molecule has 0 aliphatic carbocycles. The molecule has 0 fully saturated rings. The van der Waals surface area contributed by atoms with Crippen LogP contribution < -0.4 is 5.32 Å². The molecule has 0 radical (unpaired) electrons. The molecule has 1 unspecified atom stereocenters. The number of nitrogens with zero attached hydrogens (tertiary/aromatic N) is 4. The Balaban J connectivity index is 2.58. The van der Waals surface area contributed by atoms with Gasteiger partial charge in [-0.1, -0.05) is 5.10 Å². The van der Waals surface area contributed by atoms with Gasteiger partial charge in [0.05, 0.1) is 5.75 Å². The van der Waals surface area contributed by atoms with Crippen molar-refractivity contribution in [3.8, 4) is 0 Å². The number of rotatable bonds is 4. The highest BCUT2D eigenvalue weighted by molar-refractivity contribution is 7.90. The van der Waals surface area contributed by atoms with Crippen LogP contribution in [0.5, 0.6) is 0 Å². The molecule has 1 aromatic rings. The van der Waals surface area contributed by atoms with Gasteiger partial charge < -0.3 is 5.32 Å². The maximum absolute atomic E-state index is 11.0. The number of anilines is 1. The first-order chi connectivity index (χ1) is 6.38. The highest BCUT2D eigenvalue weighted by Crippen LogP contribution is 2.01. The highest BCUT2D eigenvalue weighted by Gasteiger charge is 2.12. The second-order valence-corrected chi connectivity index (χ2v) is 5.45. The fraction of sp³-hybridized carbons (Fsp3) is 0.833. The molecule has 7 nitrogen and oxygen atoms in total. The Morgan fingerprint density at radius 2 is 2.21 bits per heavy atom. The third kappa shape index (κ3) is 3.29. The summed E-state index contributed by atoms with van der Waals surface area (Å²) in [5.74, 6) is 0.515. The molecule has 1 rings (SSSR count). The Morgan fingerprint density at radius 1 is 1.57 bits per heavy atom. The molecule has 1 heterocycles. The standard InChI is InChI=1S/C6H13N5O2S/c1-5(4-14(3,12)13)7-6-8-9-10-11(6)2/h5H,4H2,1-3H3,(H,7,8,10). The summed E-state index contributed by atoms with van der Waals surface area (Å²) < 4.78 is 23.4. The summed E-state index contributed by atoms with van der Waals surface area (Å²) in [6, 6.07) is -0.213. The Bertz CT molecular complexity index is 398. The van der Waals surface area contributed by atoms with Crippen molar-refractivity contribution in [2.24, 2.45) is 7.05 Å². The van der Waals surface area contributed by atoms with E-state index in [-0.39, 0.29) is 11.8 Å². The lowest BCUT2D eigenvalue weighted by molar-refractivity contribution is 0.597. The summed E-state index contributed by atoms with van der Waals surface area (Å²) in [6.07, 6.45) is 1.19. The molecule has 0 aliphatic heterocycles. The van der Waals surface area contributed by atoms with Crippen LogP contribution in [0.2, 0.25) is 0 Å². The maximum atomic E-state index is 11.0. The van der Waals surface area contributed by atoms with Crippen molar-refractivity contribution in [3.05, 3.63) is 0 Å². The van der Waals surface area contributed by atoms with E-state index < -0.39 is 9.84 Å². The Hall–Kier alpha value is -1.18. The summed E-state index contributed by atoms with van der Waals surface area (Å²) in [5, 5.41) is 13.6. The minimum Gasteiger partial charge on any atom is -0.350 e. The summed E-state index contributed by atoms with van der Waals surface area (Å²) in [4.78, 5) is 0. The summed E-state index contributed by atoms with van der Waals surface area (Å²) in [7, 11) is -1.30. The first-order valence-corrected chi connectivity index (χ1v) is 6.11. The summed E-state index contributed by atoms with van der Waals surface area (Å²) in [6.45, 7) is 1.76. The molecule has 1 N–H and O–H groups in total. The van der Waals surface area contributed by atoms with Gasteiger partial charge in [-0.3, -0.25) is 0 Å². The van der Waals surface area contributed by atoms with Crippen LogP contribution in [0.25, 0.3) is 0 Å². The number of aromatic nitrogens is 4. The van der Waals surface area contributed by atoms with Gasteiger partial charge in [0.15, 0.2) is 0 Å². The van der Waals surface area contributed by atoms with E-state index in [0.717, 1.165) is 0 Å². The van der Waals surface area contributed by atoms with Crippen LogP contribution >= 0.6 is 0 Å². The van der Waals surface area contributed by atoms with E-state index in [1.165, 1.54) is 10.9 Å². The van der Waals surface area contributed by atoms with Gasteiger partial charge in [-0.05, 0) is 17.4 Å². The number of tetrazole rings is 1. The smallest absolute Gasteiger partial charge is 0.242 e. The second kappa shape index (κ2) is 3.91. The predicted octanol–water partition coefficient (Wildman–Crippen LogP) is -0.945. The summed E-state index contributed by atoms with van der Waals surface area (Å²) in [5.41, 5.74) is 0. The van der Waals surface area contributed by atoms with Crippen molar-refractivity contribution in [2.45, 2.75) is 13.0 Å². The van der Waals surface area contributed by atoms with Crippen molar-refractivity contribution in [1.82, 2.24) is 20.2 Å². The zero-order chi connectivity index (χ0) is 10.8. The van der Waals surface area contributed by atoms with Crippen LogP contribution in [0.15, 0.2) is 0 Å². The third-order valence-electron chi connectivity index (χ3n) is 1.55. The third-order valence-corrected chi connectivity index (χ3v) is 2.65. The van der Waals surface area contributed by atoms with Gasteiger partial charge in [-0.25, -0.2) is 13.1 Å². The highest BCUT2D eigenvalue weighted by atomic mass is 32.2. The van der Waals surface area contributed by atoms with E-state index in [1.807, 2.05) is 0 Å². The molecule has 14 heavy (non-hydrogen) atoms. The van der Waals surface area contributed by atoms with Crippen molar-refractivity contribution < 1.29 is 8.42 Å². The van der Waals surface area contributed by atoms with Gasteiger partial charge in [-0.15, -0.1) is 0 Å². The molecular formula is C6H13N5O2S. The fourth-order valence-corrected chi connectivity index (χ4v) is 2.06. The van der Waals surface area contributed by atoms with E-state index in [4.69, 9.17) is 0 Å². The predicted molar refractivity (Wildman–Crippen MR) is 51.6 cm³/mol. The molecule has 8 heteroatoms. The van der Waals surface area contributed by atoms with E-state index in [2.05, 4.69) is 20.8 Å². The largest absolute Gasteiger partial charge is 0.350 e. The van der Waals surface area contributed by atoms with E-state index >= 15 is 0 Å². The van der Waals surface area contributed by atoms with Crippen LogP contribution in [0.1, 0.15) is 6.92 Å². The van der Waals surface area contributed by atoms with Crippen molar-refractivity contribution in [2.75, 3.05) is 17.3 Å². The van der Waals surface area contributed by atoms with Crippen molar-refractivity contribution in [1.29, 1.82) is 0 Å². The summed E-state index contributed by atoms with van der Waals surface area (Å²) >= 11 is 0. The number of sulfone groups is 1. The SMILES string of the molecule is CC(CS(C)(=O)=O)Nc1nnnn1C. The van der Waals surface area contributed by atoms with Gasteiger partial charge in [0, 0.05) is 19.3 Å². The van der Waals surface area contributed by atoms with Gasteiger partial charge in [-0.2, -0.15) is 0 Å². The molecule has 80 valence electrons. The Kier molecular flexibility index (Phi) is 3.04. The first kappa shape index (κ1) is 10.9. The van der Waals surface area contributed by atoms with Crippen LogP contribution in [0.4, 0.5) is 5.95 Å². The Labute approximate surface area is 82.4 Å². The van der Waals surface area contributed by atoms with Gasteiger partial charge >= 0.3 is 0 Å². The maximum Gasteiger partial charge on any atom is 0.242 e. The lowest BCUT2D eigenvalue weighted by atomic mass is 10.4. The monoisotopic (exact) mass is 219 g/mol. The van der Waals surface area contributed by atoms with Crippen LogP contribution in [0.3, 0.4) is 0 Å². The molecule has 0 spiro atoms. The fourth-order valence-electron chi connectivity index (χ4n) is 1.07. The molecule has 1 atom stereocenters. The number of aryl methyl sites for hydroxylation is 1. The van der Waals surface area contributed by atoms with Crippen LogP contribution in [0, 0.1) is 0 Å². The van der Waals surface area contributed by atoms with Crippen molar-refractivity contribution >= 4 is 15.8 Å². The lowest BCUT2D eigenvalue weighted by Crippen LogP contribution is -2.26. The number of hydrogen-bond acceptors (Lipinski definition) is 6. The molecule has 0 aromatic carbocycles. The van der Waals surface area contributed by atoms with Crippen LogP contribution in [-0.2, 0) is 16.9 Å². The van der Waals surface area contributed by atoms with Gasteiger partial charge in [0.25, 0.3) is 0 Å². The van der Waals surface area contributed by atoms with E-state index in [9.17, 15) is 8.42 Å². The molecular weight excluding hydrogens is 206 g/mol. The van der Waals surface area contributed by atoms with E-state index in [1.54, 1.807) is 14.0 Å². The van der Waals surface area contributed by atoms with Gasteiger partial charge in [0.1, 0.15) is 9.84 Å². The van der Waals surface area contributed by atoms with Crippen LogP contribution in [-0.4, -0.2) is 46.7 Å². The molecule has 0 bridgehead atoms. The van der Waals surface area contributed by atoms with E-state index in [0.29, 0.717) is 5.95 Å². The minimum absolute atomic E-state index is 0.0554. The molecule has 0 aliphatic rings. The number of nitrogens with one attached hydrogen (secondary N) is 1. The topological polar surface area (TPSA) is 89.8 Å². The minimum atomic E-state index is -2.98.